The van der Waals surface area contributed by atoms with Crippen molar-refractivity contribution in [2.75, 3.05) is 63.7 Å². The molecule has 0 bridgehead atoms. The number of ether oxygens (including phenoxy) is 1. The van der Waals surface area contributed by atoms with E-state index in [9.17, 15) is 18.0 Å². The van der Waals surface area contributed by atoms with Gasteiger partial charge in [0.25, 0.3) is 5.91 Å². The lowest BCUT2D eigenvalue weighted by Gasteiger charge is -2.30. The normalized spacial score (nSPS) is 18.8. The maximum absolute atomic E-state index is 13.7. The van der Waals surface area contributed by atoms with Crippen molar-refractivity contribution in [1.82, 2.24) is 14.2 Å². The Balaban J connectivity index is 1.49. The number of amides is 1. The van der Waals surface area contributed by atoms with E-state index in [0.29, 0.717) is 56.3 Å². The molecule has 0 spiro atoms. The molecule has 10 nitrogen and oxygen atoms in total. The third-order valence-corrected chi connectivity index (χ3v) is 9.23. The molecule has 5 rings (SSSR count). The number of hydrogen-bond acceptors (Lipinski definition) is 7. The van der Waals surface area contributed by atoms with Gasteiger partial charge < -0.3 is 24.8 Å². The Morgan fingerprint density at radius 1 is 1.08 bits per heavy atom. The predicted molar refractivity (Wildman–Crippen MR) is 148 cm³/mol. The van der Waals surface area contributed by atoms with Crippen LogP contribution in [0.15, 0.2) is 52.2 Å². The molecule has 1 amide bonds. The van der Waals surface area contributed by atoms with Gasteiger partial charge >= 0.3 is 0 Å². The van der Waals surface area contributed by atoms with Crippen molar-refractivity contribution >= 4 is 38.2 Å². The van der Waals surface area contributed by atoms with Crippen molar-refractivity contribution in [2.24, 2.45) is 0 Å². The Hall–Kier alpha value is -3.25. The van der Waals surface area contributed by atoms with Crippen LogP contribution in [0.4, 0.5) is 11.4 Å². The fourth-order valence-electron chi connectivity index (χ4n) is 5.14. The third kappa shape index (κ3) is 5.19. The van der Waals surface area contributed by atoms with Gasteiger partial charge in [-0.1, -0.05) is 0 Å². The van der Waals surface area contributed by atoms with Gasteiger partial charge in [0.2, 0.25) is 15.6 Å². The summed E-state index contributed by atoms with van der Waals surface area (Å²) in [6, 6.07) is 11.7. The zero-order valence-electron chi connectivity index (χ0n) is 21.9. The number of pyridine rings is 1. The molecule has 1 unspecified atom stereocenters. The molecule has 1 aromatic heterocycles. The highest BCUT2D eigenvalue weighted by atomic mass is 32.2. The SMILES string of the molecule is Cc1cc(=O)[nH]c2ccc(NC(=O)c3cc(S(=O)(=O)N4CCC(N(C)C)C4)ccc3N3CCOCC3)cc12. The number of morpholine rings is 1. The topological polar surface area (TPSA) is 115 Å². The number of nitrogens with one attached hydrogen (secondary N) is 2. The number of sulfonamides is 1. The summed E-state index contributed by atoms with van der Waals surface area (Å²) in [7, 11) is 0.131. The van der Waals surface area contributed by atoms with E-state index in [1.807, 2.05) is 30.8 Å². The van der Waals surface area contributed by atoms with Gasteiger partial charge in [0.15, 0.2) is 0 Å². The van der Waals surface area contributed by atoms with E-state index in [2.05, 4.69) is 10.3 Å². The Kier molecular flexibility index (Phi) is 7.28. The molecule has 2 N–H and O–H groups in total. The lowest BCUT2D eigenvalue weighted by Crippen LogP contribution is -2.37. The van der Waals surface area contributed by atoms with Gasteiger partial charge in [0.05, 0.1) is 23.7 Å². The summed E-state index contributed by atoms with van der Waals surface area (Å²) in [5, 5.41) is 3.75. The number of hydrogen-bond donors (Lipinski definition) is 2. The first-order chi connectivity index (χ1) is 18.1. The lowest BCUT2D eigenvalue weighted by atomic mass is 10.1. The predicted octanol–water partition coefficient (Wildman–Crippen LogP) is 2.25. The van der Waals surface area contributed by atoms with Crippen molar-refractivity contribution in [3.8, 4) is 0 Å². The van der Waals surface area contributed by atoms with Crippen LogP contribution in [-0.2, 0) is 14.8 Å². The minimum absolute atomic E-state index is 0.103. The van der Waals surface area contributed by atoms with Crippen LogP contribution < -0.4 is 15.8 Å². The molecule has 38 heavy (non-hydrogen) atoms. The molecule has 2 aromatic carbocycles. The maximum atomic E-state index is 13.7. The quantitative estimate of drug-likeness (QED) is 0.494. The maximum Gasteiger partial charge on any atom is 0.257 e. The Morgan fingerprint density at radius 2 is 1.84 bits per heavy atom. The average molecular weight is 540 g/mol. The number of rotatable bonds is 6. The summed E-state index contributed by atoms with van der Waals surface area (Å²) in [6.07, 6.45) is 0.762. The molecule has 0 radical (unpaired) electrons. The Labute approximate surface area is 222 Å². The Bertz CT molecular complexity index is 1530. The molecule has 0 aliphatic carbocycles. The lowest BCUT2D eigenvalue weighted by molar-refractivity contribution is 0.102. The van der Waals surface area contributed by atoms with Crippen molar-refractivity contribution in [1.29, 1.82) is 0 Å². The molecule has 2 aliphatic heterocycles. The van der Waals surface area contributed by atoms with Crippen molar-refractivity contribution < 1.29 is 17.9 Å². The number of aromatic amines is 1. The summed E-state index contributed by atoms with van der Waals surface area (Å²) in [6.45, 7) is 4.97. The van der Waals surface area contributed by atoms with Crippen molar-refractivity contribution in [3.63, 3.8) is 0 Å². The highest BCUT2D eigenvalue weighted by molar-refractivity contribution is 7.89. The van der Waals surface area contributed by atoms with E-state index < -0.39 is 15.9 Å². The van der Waals surface area contributed by atoms with Gasteiger partial charge in [-0.05, 0) is 69.4 Å². The molecule has 3 aromatic rings. The van der Waals surface area contributed by atoms with E-state index in [-0.39, 0.29) is 22.1 Å². The van der Waals surface area contributed by atoms with Gasteiger partial charge in [0.1, 0.15) is 0 Å². The van der Waals surface area contributed by atoms with Gasteiger partial charge in [-0.2, -0.15) is 4.31 Å². The number of anilines is 2. The Morgan fingerprint density at radius 3 is 2.55 bits per heavy atom. The molecular weight excluding hydrogens is 506 g/mol. The second kappa shape index (κ2) is 10.5. The molecule has 2 saturated heterocycles. The molecule has 3 heterocycles. The fraction of sp³-hybridized carbons (Fsp3) is 0.407. The average Bonchev–Trinajstić information content (AvgIpc) is 3.41. The molecule has 11 heteroatoms. The van der Waals surface area contributed by atoms with Crippen LogP contribution in [0.1, 0.15) is 22.3 Å². The number of H-pyrrole nitrogens is 1. The number of carbonyl (C=O) groups is 1. The molecule has 0 saturated carbocycles. The van der Waals surface area contributed by atoms with Crippen LogP contribution in [0.5, 0.6) is 0 Å². The minimum atomic E-state index is -3.77. The van der Waals surface area contributed by atoms with Crippen LogP contribution in [0.2, 0.25) is 0 Å². The summed E-state index contributed by atoms with van der Waals surface area (Å²) in [4.78, 5) is 32.4. The number of aryl methyl sites for hydroxylation is 1. The second-order valence-corrected chi connectivity index (χ2v) is 12.0. The molecule has 1 atom stereocenters. The molecular formula is C27H33N5O5S. The zero-order chi connectivity index (χ0) is 27.0. The van der Waals surface area contributed by atoms with Crippen LogP contribution in [0, 0.1) is 6.92 Å². The van der Waals surface area contributed by atoms with Crippen molar-refractivity contribution in [2.45, 2.75) is 24.3 Å². The largest absolute Gasteiger partial charge is 0.378 e. The van der Waals surface area contributed by atoms with Crippen LogP contribution in [0.3, 0.4) is 0 Å². The van der Waals surface area contributed by atoms with E-state index in [1.54, 1.807) is 30.3 Å². The van der Waals surface area contributed by atoms with Crippen LogP contribution >= 0.6 is 0 Å². The third-order valence-electron chi connectivity index (χ3n) is 7.37. The number of aromatic nitrogens is 1. The first-order valence-corrected chi connectivity index (χ1v) is 14.2. The van der Waals surface area contributed by atoms with E-state index >= 15 is 0 Å². The smallest absolute Gasteiger partial charge is 0.257 e. The highest BCUT2D eigenvalue weighted by Crippen LogP contribution is 2.30. The van der Waals surface area contributed by atoms with Crippen molar-refractivity contribution in [3.05, 3.63) is 63.9 Å². The van der Waals surface area contributed by atoms with Gasteiger partial charge in [-0.3, -0.25) is 9.59 Å². The van der Waals surface area contributed by atoms with E-state index in [4.69, 9.17) is 4.74 Å². The number of benzene rings is 2. The molecule has 2 fully saturated rings. The monoisotopic (exact) mass is 539 g/mol. The van der Waals surface area contributed by atoms with E-state index in [0.717, 1.165) is 17.4 Å². The standard InChI is InChI=1S/C27H33N5O5S/c1-18-14-26(33)29-24-6-4-19(15-22(18)24)28-27(34)23-16-21(5-7-25(23)31-10-12-37-13-11-31)38(35,36)32-9-8-20(17-32)30(2)3/h4-7,14-16,20H,8-13,17H2,1-3H3,(H,28,34)(H,29,33). The summed E-state index contributed by atoms with van der Waals surface area (Å²) >= 11 is 0. The first kappa shape index (κ1) is 26.4. The van der Waals surface area contributed by atoms with E-state index in [1.165, 1.54) is 16.4 Å². The first-order valence-electron chi connectivity index (χ1n) is 12.7. The van der Waals surface area contributed by atoms with Gasteiger partial charge in [0, 0.05) is 60.6 Å². The van der Waals surface area contributed by atoms with Gasteiger partial charge in [-0.15, -0.1) is 0 Å². The fourth-order valence-corrected chi connectivity index (χ4v) is 6.65. The molecule has 2 aliphatic rings. The highest BCUT2D eigenvalue weighted by Gasteiger charge is 2.34. The number of fused-ring (bicyclic) bond motifs is 1. The number of nitrogens with zero attached hydrogens (tertiary/aromatic N) is 3. The molecule has 202 valence electrons. The second-order valence-electron chi connectivity index (χ2n) is 10.1. The summed E-state index contributed by atoms with van der Waals surface area (Å²) in [5.74, 6) is -0.405. The minimum Gasteiger partial charge on any atom is -0.378 e. The van der Waals surface area contributed by atoms with Crippen LogP contribution in [0.25, 0.3) is 10.9 Å². The zero-order valence-corrected chi connectivity index (χ0v) is 22.7. The summed E-state index contributed by atoms with van der Waals surface area (Å²) < 4.78 is 34.1. The number of carbonyl (C=O) groups excluding carboxylic acids is 1. The van der Waals surface area contributed by atoms with Crippen LogP contribution in [-0.4, -0.2) is 88.0 Å². The van der Waals surface area contributed by atoms with Gasteiger partial charge in [-0.25, -0.2) is 8.42 Å². The summed E-state index contributed by atoms with van der Waals surface area (Å²) in [5.41, 5.74) is 2.79. The number of likely N-dealkylation sites (N-methyl/N-ethyl adjacent to an activating group) is 1.